The standard InChI is InChI=1S/C34H66N4O6S2/c35-29(33(43)37-25-21-17-13-9-5-1-3-7-11-15-19-23-31(39)40)27-45-46-28-30(36)34(44)38-26-22-18-14-10-6-2-4-8-12-16-20-24-32(41)42/h29-30H,1-28,35-36H2,(H,37,43)(H,38,44)(H,39,40)(H,41,42)/p+2. The lowest BCUT2D eigenvalue weighted by molar-refractivity contribution is -0.396. The molecule has 0 aromatic heterocycles. The number of carboxylic acids is 2. The monoisotopic (exact) mass is 692 g/mol. The molecule has 0 aromatic rings. The van der Waals surface area contributed by atoms with Crippen LogP contribution in [0.4, 0.5) is 0 Å². The molecule has 46 heavy (non-hydrogen) atoms. The van der Waals surface area contributed by atoms with Gasteiger partial charge < -0.3 is 32.3 Å². The summed E-state index contributed by atoms with van der Waals surface area (Å²) < 4.78 is 0. The number of rotatable bonds is 35. The normalized spacial score (nSPS) is 12.5. The SMILES string of the molecule is [NH3+]C(CSSCC([NH3+])C(=O)NCCCCCCCCCCCCCC(=O)O)C(=O)NCCCCCCCCCCCCCC(=O)O. The second kappa shape index (κ2) is 33.4. The van der Waals surface area contributed by atoms with Gasteiger partial charge in [0.1, 0.15) is 0 Å². The quantitative estimate of drug-likeness (QED) is 0.0379. The molecule has 0 aliphatic heterocycles. The van der Waals surface area contributed by atoms with E-state index in [1.807, 2.05) is 0 Å². The second-order valence-corrected chi connectivity index (χ2v) is 15.2. The number of amides is 2. The van der Waals surface area contributed by atoms with Gasteiger partial charge in [-0.25, -0.2) is 0 Å². The maximum atomic E-state index is 12.3. The average molecular weight is 693 g/mol. The van der Waals surface area contributed by atoms with Crippen LogP contribution in [0.2, 0.25) is 0 Å². The summed E-state index contributed by atoms with van der Waals surface area (Å²) >= 11 is 0. The van der Waals surface area contributed by atoms with Crippen LogP contribution >= 0.6 is 21.6 Å². The summed E-state index contributed by atoms with van der Waals surface area (Å²) in [5.74, 6) is -0.193. The molecule has 0 aliphatic rings. The predicted octanol–water partition coefficient (Wildman–Crippen LogP) is 5.35. The third-order valence-electron chi connectivity index (χ3n) is 8.10. The van der Waals surface area contributed by atoms with Gasteiger partial charge in [-0.2, -0.15) is 0 Å². The fourth-order valence-corrected chi connectivity index (χ4v) is 7.49. The largest absolute Gasteiger partial charge is 0.481 e. The van der Waals surface area contributed by atoms with Crippen molar-refractivity contribution in [1.29, 1.82) is 0 Å². The minimum Gasteiger partial charge on any atom is -0.481 e. The number of unbranched alkanes of at least 4 members (excludes halogenated alkanes) is 20. The Morgan fingerprint density at radius 3 is 0.935 bits per heavy atom. The van der Waals surface area contributed by atoms with Gasteiger partial charge in [-0.15, -0.1) is 0 Å². The molecule has 0 heterocycles. The lowest BCUT2D eigenvalue weighted by Crippen LogP contribution is -2.69. The highest BCUT2D eigenvalue weighted by molar-refractivity contribution is 8.76. The molecule has 0 aromatic carbocycles. The molecule has 270 valence electrons. The summed E-state index contributed by atoms with van der Waals surface area (Å²) in [5.41, 5.74) is 8.00. The number of carboxylic acid groups (broad SMARTS) is 2. The Morgan fingerprint density at radius 1 is 0.435 bits per heavy atom. The van der Waals surface area contributed by atoms with Gasteiger partial charge in [0.25, 0.3) is 11.8 Å². The summed E-state index contributed by atoms with van der Waals surface area (Å²) in [6.45, 7) is 1.39. The van der Waals surface area contributed by atoms with Crippen molar-refractivity contribution in [2.24, 2.45) is 0 Å². The highest BCUT2D eigenvalue weighted by Crippen LogP contribution is 2.21. The molecule has 0 fully saturated rings. The molecule has 0 rings (SSSR count). The minimum absolute atomic E-state index is 0.00895. The van der Waals surface area contributed by atoms with E-state index in [-0.39, 0.29) is 23.9 Å². The summed E-state index contributed by atoms with van der Waals surface area (Å²) in [5, 5.41) is 23.3. The van der Waals surface area contributed by atoms with E-state index in [0.717, 1.165) is 64.2 Å². The highest BCUT2D eigenvalue weighted by atomic mass is 33.1. The van der Waals surface area contributed by atoms with Crippen molar-refractivity contribution in [3.05, 3.63) is 0 Å². The van der Waals surface area contributed by atoms with Gasteiger partial charge >= 0.3 is 11.9 Å². The van der Waals surface area contributed by atoms with Gasteiger partial charge in [0.15, 0.2) is 12.1 Å². The van der Waals surface area contributed by atoms with Crippen LogP contribution in [-0.2, 0) is 19.2 Å². The number of hydrogen-bond donors (Lipinski definition) is 6. The van der Waals surface area contributed by atoms with Gasteiger partial charge in [-0.3, -0.25) is 19.2 Å². The van der Waals surface area contributed by atoms with Crippen molar-refractivity contribution in [1.82, 2.24) is 10.6 Å². The molecule has 10 nitrogen and oxygen atoms in total. The van der Waals surface area contributed by atoms with Gasteiger partial charge in [-0.1, -0.05) is 137 Å². The molecular formula is C34H68N4O6S2+2. The highest BCUT2D eigenvalue weighted by Gasteiger charge is 2.20. The first-order valence-corrected chi connectivity index (χ1v) is 20.6. The first-order valence-electron chi connectivity index (χ1n) is 18.1. The average Bonchev–Trinajstić information content (AvgIpc) is 3.02. The van der Waals surface area contributed by atoms with Gasteiger partial charge in [0.2, 0.25) is 0 Å². The van der Waals surface area contributed by atoms with E-state index in [2.05, 4.69) is 22.1 Å². The molecule has 2 amide bonds. The number of carbonyl (C=O) groups excluding carboxylic acids is 2. The summed E-state index contributed by atoms with van der Waals surface area (Å²) in [7, 11) is 3.15. The van der Waals surface area contributed by atoms with Crippen molar-refractivity contribution in [2.45, 2.75) is 166 Å². The molecule has 0 spiro atoms. The van der Waals surface area contributed by atoms with E-state index in [0.29, 0.717) is 37.4 Å². The zero-order valence-electron chi connectivity index (χ0n) is 28.7. The molecule has 2 unspecified atom stereocenters. The van der Waals surface area contributed by atoms with Crippen molar-refractivity contribution >= 4 is 45.3 Å². The van der Waals surface area contributed by atoms with E-state index >= 15 is 0 Å². The van der Waals surface area contributed by atoms with Crippen LogP contribution in [0, 0.1) is 0 Å². The van der Waals surface area contributed by atoms with Gasteiger partial charge in [-0.05, 0) is 25.7 Å². The van der Waals surface area contributed by atoms with Gasteiger partial charge in [0, 0.05) is 25.9 Å². The molecule has 0 bridgehead atoms. The minimum atomic E-state index is -0.696. The van der Waals surface area contributed by atoms with Crippen LogP contribution in [0.15, 0.2) is 0 Å². The molecule has 0 saturated carbocycles. The number of quaternary nitrogens is 2. The second-order valence-electron chi connectivity index (χ2n) is 12.6. The van der Waals surface area contributed by atoms with E-state index in [9.17, 15) is 19.2 Å². The lowest BCUT2D eigenvalue weighted by Gasteiger charge is -2.11. The summed E-state index contributed by atoms with van der Waals surface area (Å²) in [6, 6.07) is -0.622. The Balaban J connectivity index is 3.50. The predicted molar refractivity (Wildman–Crippen MR) is 190 cm³/mol. The Labute approximate surface area is 286 Å². The smallest absolute Gasteiger partial charge is 0.303 e. The third kappa shape index (κ3) is 32.4. The molecule has 10 N–H and O–H groups in total. The van der Waals surface area contributed by atoms with E-state index in [1.165, 1.54) is 77.0 Å². The lowest BCUT2D eigenvalue weighted by atomic mass is 10.1. The summed E-state index contributed by atoms with van der Waals surface area (Å²) in [6.07, 6.45) is 25.4. The summed E-state index contributed by atoms with van der Waals surface area (Å²) in [4.78, 5) is 45.6. The van der Waals surface area contributed by atoms with Crippen molar-refractivity contribution in [3.8, 4) is 0 Å². The molecule has 0 radical (unpaired) electrons. The fourth-order valence-electron chi connectivity index (χ4n) is 5.11. The Kier molecular flexibility index (Phi) is 32.3. The van der Waals surface area contributed by atoms with Gasteiger partial charge in [0.05, 0.1) is 11.5 Å². The molecule has 12 heteroatoms. The molecule has 2 atom stereocenters. The molecular weight excluding hydrogens is 625 g/mol. The van der Waals surface area contributed by atoms with E-state index in [4.69, 9.17) is 10.2 Å². The van der Waals surface area contributed by atoms with Crippen molar-refractivity contribution < 1.29 is 40.9 Å². The first kappa shape index (κ1) is 44.5. The molecule has 0 aliphatic carbocycles. The van der Waals surface area contributed by atoms with Crippen LogP contribution in [0.3, 0.4) is 0 Å². The maximum Gasteiger partial charge on any atom is 0.303 e. The number of hydrogen-bond acceptors (Lipinski definition) is 6. The molecule has 0 saturated heterocycles. The Hall–Kier alpha value is -1.50. The van der Waals surface area contributed by atoms with E-state index < -0.39 is 11.9 Å². The number of carbonyl (C=O) groups is 4. The van der Waals surface area contributed by atoms with Crippen LogP contribution in [0.5, 0.6) is 0 Å². The number of nitrogens with one attached hydrogen (secondary N) is 2. The zero-order chi connectivity index (χ0) is 34.1. The maximum absolute atomic E-state index is 12.3. The third-order valence-corrected chi connectivity index (χ3v) is 10.7. The van der Waals surface area contributed by atoms with Crippen LogP contribution < -0.4 is 22.1 Å². The number of aliphatic carboxylic acids is 2. The fraction of sp³-hybridized carbons (Fsp3) is 0.882. The zero-order valence-corrected chi connectivity index (χ0v) is 30.3. The van der Waals surface area contributed by atoms with Crippen molar-refractivity contribution in [3.63, 3.8) is 0 Å². The van der Waals surface area contributed by atoms with Crippen LogP contribution in [0.25, 0.3) is 0 Å². The van der Waals surface area contributed by atoms with Crippen LogP contribution in [0.1, 0.15) is 154 Å². The topological polar surface area (TPSA) is 188 Å². The Morgan fingerprint density at radius 2 is 0.674 bits per heavy atom. The van der Waals surface area contributed by atoms with Crippen LogP contribution in [-0.4, -0.2) is 70.6 Å². The van der Waals surface area contributed by atoms with E-state index in [1.54, 1.807) is 21.6 Å². The Bertz CT molecular complexity index is 716. The van der Waals surface area contributed by atoms with Crippen molar-refractivity contribution in [2.75, 3.05) is 24.6 Å². The first-order chi connectivity index (χ1) is 22.2.